The van der Waals surface area contributed by atoms with Crippen LogP contribution < -0.4 is 10.6 Å². The van der Waals surface area contributed by atoms with Gasteiger partial charge in [-0.05, 0) is 37.2 Å². The number of amides is 1. The molecule has 1 aliphatic heterocycles. The predicted octanol–water partition coefficient (Wildman–Crippen LogP) is 1.83. The first-order valence-corrected chi connectivity index (χ1v) is 6.42. The second-order valence-electron chi connectivity index (χ2n) is 4.88. The van der Waals surface area contributed by atoms with Gasteiger partial charge in [0.2, 0.25) is 5.91 Å². The van der Waals surface area contributed by atoms with Gasteiger partial charge in [0.15, 0.2) is 0 Å². The van der Waals surface area contributed by atoms with Crippen LogP contribution in [0.1, 0.15) is 17.3 Å². The van der Waals surface area contributed by atoms with Crippen molar-refractivity contribution in [2.75, 3.05) is 25.5 Å². The number of hydrogen-bond donors (Lipinski definition) is 2. The smallest absolute Gasteiger partial charge is 0.337 e. The highest BCUT2D eigenvalue weighted by atomic mass is 35.5. The van der Waals surface area contributed by atoms with Gasteiger partial charge in [-0.25, -0.2) is 9.18 Å². The zero-order valence-electron chi connectivity index (χ0n) is 11.8. The van der Waals surface area contributed by atoms with Gasteiger partial charge in [0.25, 0.3) is 0 Å². The minimum atomic E-state index is -0.579. The Morgan fingerprint density at radius 2 is 2.10 bits per heavy atom. The van der Waals surface area contributed by atoms with Gasteiger partial charge in [-0.1, -0.05) is 6.92 Å². The van der Waals surface area contributed by atoms with Crippen LogP contribution in [0.15, 0.2) is 18.2 Å². The zero-order valence-corrected chi connectivity index (χ0v) is 12.6. The number of rotatable bonds is 4. The molecule has 1 atom stereocenters. The molecule has 21 heavy (non-hydrogen) atoms. The fourth-order valence-corrected chi connectivity index (χ4v) is 1.99. The Bertz CT molecular complexity index is 535. The van der Waals surface area contributed by atoms with Gasteiger partial charge < -0.3 is 15.4 Å². The molecule has 5 nitrogen and oxygen atoms in total. The first-order chi connectivity index (χ1) is 9.52. The van der Waals surface area contributed by atoms with E-state index in [1.54, 1.807) is 0 Å². The fraction of sp³-hybridized carbons (Fsp3) is 0.429. The number of anilines is 1. The molecule has 0 radical (unpaired) electrons. The van der Waals surface area contributed by atoms with Crippen molar-refractivity contribution in [3.63, 3.8) is 0 Å². The van der Waals surface area contributed by atoms with E-state index < -0.39 is 11.8 Å². The molecule has 7 heteroatoms. The van der Waals surface area contributed by atoms with E-state index in [9.17, 15) is 14.0 Å². The van der Waals surface area contributed by atoms with Gasteiger partial charge in [0.05, 0.1) is 18.4 Å². The fourth-order valence-electron chi connectivity index (χ4n) is 1.99. The summed E-state index contributed by atoms with van der Waals surface area (Å²) >= 11 is 0. The largest absolute Gasteiger partial charge is 0.465 e. The minimum absolute atomic E-state index is 0. The summed E-state index contributed by atoms with van der Waals surface area (Å²) in [7, 11) is 1.25. The van der Waals surface area contributed by atoms with Crippen LogP contribution in [0.2, 0.25) is 0 Å². The van der Waals surface area contributed by atoms with Crippen LogP contribution in [-0.2, 0) is 9.53 Å². The molecule has 1 amide bonds. The Morgan fingerprint density at radius 3 is 2.62 bits per heavy atom. The molecule has 1 saturated heterocycles. The van der Waals surface area contributed by atoms with Gasteiger partial charge in [-0.15, -0.1) is 12.4 Å². The van der Waals surface area contributed by atoms with E-state index in [1.807, 2.05) is 6.92 Å². The van der Waals surface area contributed by atoms with E-state index in [1.165, 1.54) is 19.2 Å². The van der Waals surface area contributed by atoms with Gasteiger partial charge in [-0.2, -0.15) is 0 Å². The van der Waals surface area contributed by atoms with Gasteiger partial charge >= 0.3 is 5.97 Å². The van der Waals surface area contributed by atoms with Crippen LogP contribution in [0.3, 0.4) is 0 Å². The third-order valence-electron chi connectivity index (χ3n) is 3.58. The lowest BCUT2D eigenvalue weighted by Gasteiger charge is -2.31. The summed E-state index contributed by atoms with van der Waals surface area (Å²) < 4.78 is 18.2. The zero-order chi connectivity index (χ0) is 14.7. The Balaban J connectivity index is 0.00000220. The van der Waals surface area contributed by atoms with Crippen molar-refractivity contribution in [1.29, 1.82) is 0 Å². The minimum Gasteiger partial charge on any atom is -0.465 e. The summed E-state index contributed by atoms with van der Waals surface area (Å²) in [6.45, 7) is 3.39. The lowest BCUT2D eigenvalue weighted by molar-refractivity contribution is -0.121. The third kappa shape index (κ3) is 3.92. The maximum atomic E-state index is 13.7. The Hall–Kier alpha value is -1.66. The lowest BCUT2D eigenvalue weighted by atomic mass is 9.88. The van der Waals surface area contributed by atoms with Crippen LogP contribution in [0.5, 0.6) is 0 Å². The van der Waals surface area contributed by atoms with Gasteiger partial charge in [0.1, 0.15) is 5.82 Å². The van der Waals surface area contributed by atoms with Crippen LogP contribution in [0.25, 0.3) is 0 Å². The van der Waals surface area contributed by atoms with Crippen molar-refractivity contribution in [1.82, 2.24) is 5.32 Å². The summed E-state index contributed by atoms with van der Waals surface area (Å²) in [6, 6.07) is 3.73. The predicted molar refractivity (Wildman–Crippen MR) is 79.1 cm³/mol. The molecule has 1 aliphatic rings. The molecule has 116 valence electrons. The second-order valence-corrected chi connectivity index (χ2v) is 4.88. The van der Waals surface area contributed by atoms with Crippen LogP contribution in [0.4, 0.5) is 10.1 Å². The monoisotopic (exact) mass is 316 g/mol. The van der Waals surface area contributed by atoms with Crippen molar-refractivity contribution in [3.05, 3.63) is 29.6 Å². The number of carbonyl (C=O) groups excluding carboxylic acids is 2. The highest BCUT2D eigenvalue weighted by Gasteiger charge is 2.29. The SMILES string of the molecule is COC(=O)c1ccc(F)c(NC(=O)C(C)C2CNC2)c1.Cl. The molecule has 0 saturated carbocycles. The molecule has 1 unspecified atom stereocenters. The normalized spacial score (nSPS) is 15.4. The molecule has 1 aromatic carbocycles. The summed E-state index contributed by atoms with van der Waals surface area (Å²) in [6.07, 6.45) is 0. The summed E-state index contributed by atoms with van der Waals surface area (Å²) in [5.74, 6) is -1.35. The van der Waals surface area contributed by atoms with Crippen LogP contribution >= 0.6 is 12.4 Å². The van der Waals surface area contributed by atoms with Crippen molar-refractivity contribution in [3.8, 4) is 0 Å². The number of carbonyl (C=O) groups is 2. The third-order valence-corrected chi connectivity index (χ3v) is 3.58. The summed E-state index contributed by atoms with van der Waals surface area (Å²) in [4.78, 5) is 23.4. The first kappa shape index (κ1) is 17.4. The molecule has 2 rings (SSSR count). The molecule has 2 N–H and O–H groups in total. The molecule has 0 aliphatic carbocycles. The van der Waals surface area contributed by atoms with E-state index >= 15 is 0 Å². The summed E-state index contributed by atoms with van der Waals surface area (Å²) in [5, 5.41) is 5.62. The highest BCUT2D eigenvalue weighted by Crippen LogP contribution is 2.21. The van der Waals surface area contributed by atoms with Crippen molar-refractivity contribution >= 4 is 30.0 Å². The number of methoxy groups -OCH3 is 1. The first-order valence-electron chi connectivity index (χ1n) is 6.42. The van der Waals surface area contributed by atoms with Gasteiger partial charge in [0, 0.05) is 5.92 Å². The maximum absolute atomic E-state index is 13.7. The molecule has 1 fully saturated rings. The molecule has 0 spiro atoms. The van der Waals surface area contributed by atoms with E-state index in [2.05, 4.69) is 15.4 Å². The van der Waals surface area contributed by atoms with E-state index in [0.29, 0.717) is 0 Å². The topological polar surface area (TPSA) is 67.4 Å². The molecular weight excluding hydrogens is 299 g/mol. The molecule has 1 aromatic rings. The lowest BCUT2D eigenvalue weighted by Crippen LogP contribution is -2.48. The molecular formula is C14H18ClFN2O3. The Labute approximate surface area is 128 Å². The maximum Gasteiger partial charge on any atom is 0.337 e. The number of esters is 1. The Morgan fingerprint density at radius 1 is 1.43 bits per heavy atom. The average molecular weight is 317 g/mol. The average Bonchev–Trinajstić information content (AvgIpc) is 2.38. The Kier molecular flexibility index (Phi) is 6.11. The molecule has 0 bridgehead atoms. The van der Waals surface area contributed by atoms with Crippen LogP contribution in [0, 0.1) is 17.7 Å². The number of hydrogen-bond acceptors (Lipinski definition) is 4. The quantitative estimate of drug-likeness (QED) is 0.832. The number of halogens is 2. The number of ether oxygens (including phenoxy) is 1. The molecule has 1 heterocycles. The second kappa shape index (κ2) is 7.38. The van der Waals surface area contributed by atoms with Crippen molar-refractivity contribution in [2.24, 2.45) is 11.8 Å². The van der Waals surface area contributed by atoms with E-state index in [4.69, 9.17) is 0 Å². The van der Waals surface area contributed by atoms with Crippen LogP contribution in [-0.4, -0.2) is 32.1 Å². The number of nitrogens with one attached hydrogen (secondary N) is 2. The summed E-state index contributed by atoms with van der Waals surface area (Å²) in [5.41, 5.74) is 0.194. The molecule has 0 aromatic heterocycles. The van der Waals surface area contributed by atoms with E-state index in [0.717, 1.165) is 19.2 Å². The van der Waals surface area contributed by atoms with Crippen molar-refractivity contribution in [2.45, 2.75) is 6.92 Å². The highest BCUT2D eigenvalue weighted by molar-refractivity contribution is 5.95. The van der Waals surface area contributed by atoms with Crippen molar-refractivity contribution < 1.29 is 18.7 Å². The van der Waals surface area contributed by atoms with E-state index in [-0.39, 0.29) is 41.4 Å². The number of benzene rings is 1. The standard InChI is InChI=1S/C14H17FN2O3.ClH/c1-8(10-6-16-7-10)13(18)17-12-5-9(14(19)20-2)3-4-11(12)15;/h3-5,8,10,16H,6-7H2,1-2H3,(H,17,18);1H. The van der Waals surface area contributed by atoms with Gasteiger partial charge in [-0.3, -0.25) is 4.79 Å².